The minimum atomic E-state index is 0.778. The zero-order valence-corrected chi connectivity index (χ0v) is 20.8. The summed E-state index contributed by atoms with van der Waals surface area (Å²) in [6, 6.07) is 35.5. The standard InChI is InChI=1S/C31H19N3S2/c35-30-22-14-7-8-15-25(22)34-27-17-9-16-26(28(27)31(36)24-19-32-18-23(30)29(24)34)33(20-10-3-1-4-11-20)21-12-5-2-6-13-21/h1-19H. The molecule has 0 aliphatic heterocycles. The molecule has 3 nitrogen and oxygen atoms in total. The summed E-state index contributed by atoms with van der Waals surface area (Å²) in [7, 11) is 0. The maximum atomic E-state index is 6.21. The number of anilines is 3. The Labute approximate surface area is 217 Å². The Hall–Kier alpha value is -4.19. The van der Waals surface area contributed by atoms with Crippen LogP contribution in [0.15, 0.2) is 116 Å². The molecule has 0 aliphatic carbocycles. The summed E-state index contributed by atoms with van der Waals surface area (Å²) in [4.78, 5) is 6.83. The second kappa shape index (κ2) is 8.19. The van der Waals surface area contributed by atoms with E-state index in [0.717, 1.165) is 64.2 Å². The van der Waals surface area contributed by atoms with E-state index in [0.29, 0.717) is 0 Å². The van der Waals surface area contributed by atoms with Crippen molar-refractivity contribution >= 4 is 79.6 Å². The van der Waals surface area contributed by atoms with Crippen LogP contribution in [0.5, 0.6) is 0 Å². The molecule has 3 heterocycles. The average molecular weight is 498 g/mol. The fraction of sp³-hybridized carbons (Fsp3) is 0. The van der Waals surface area contributed by atoms with Gasteiger partial charge in [0.2, 0.25) is 0 Å². The zero-order chi connectivity index (χ0) is 24.2. The number of aromatic nitrogens is 2. The molecule has 0 unspecified atom stereocenters. The number of hydrogen-bond acceptors (Lipinski definition) is 4. The lowest BCUT2D eigenvalue weighted by molar-refractivity contribution is 1.27. The smallest absolute Gasteiger partial charge is 0.0667 e. The van der Waals surface area contributed by atoms with Crippen LogP contribution in [0.3, 0.4) is 0 Å². The second-order valence-corrected chi connectivity index (χ2v) is 9.59. The van der Waals surface area contributed by atoms with Crippen LogP contribution in [0, 0.1) is 9.02 Å². The van der Waals surface area contributed by atoms with Gasteiger partial charge in [-0.3, -0.25) is 4.98 Å². The molecule has 36 heavy (non-hydrogen) atoms. The van der Waals surface area contributed by atoms with Gasteiger partial charge in [-0.15, -0.1) is 0 Å². The minimum Gasteiger partial charge on any atom is -0.310 e. The van der Waals surface area contributed by atoms with Crippen molar-refractivity contribution in [2.45, 2.75) is 0 Å². The highest BCUT2D eigenvalue weighted by molar-refractivity contribution is 7.72. The topological polar surface area (TPSA) is 20.5 Å². The lowest BCUT2D eigenvalue weighted by Crippen LogP contribution is -2.11. The van der Waals surface area contributed by atoms with Crippen LogP contribution >= 0.6 is 24.4 Å². The van der Waals surface area contributed by atoms with Crippen molar-refractivity contribution in [3.8, 4) is 0 Å². The minimum absolute atomic E-state index is 0.778. The quantitative estimate of drug-likeness (QED) is 0.138. The van der Waals surface area contributed by atoms with Crippen LogP contribution in [0.25, 0.3) is 38.1 Å². The maximum Gasteiger partial charge on any atom is 0.0667 e. The van der Waals surface area contributed by atoms with Gasteiger partial charge in [0, 0.05) is 45.3 Å². The van der Waals surface area contributed by atoms with Gasteiger partial charge >= 0.3 is 0 Å². The normalized spacial score (nSPS) is 11.6. The van der Waals surface area contributed by atoms with Crippen molar-refractivity contribution in [2.75, 3.05) is 4.90 Å². The Kier molecular flexibility index (Phi) is 4.81. The van der Waals surface area contributed by atoms with Crippen molar-refractivity contribution in [3.05, 3.63) is 125 Å². The van der Waals surface area contributed by atoms with Gasteiger partial charge in [-0.1, -0.05) is 85.1 Å². The molecular formula is C31H19N3S2. The molecule has 0 saturated carbocycles. The van der Waals surface area contributed by atoms with Gasteiger partial charge in [0.15, 0.2) is 0 Å². The Morgan fingerprint density at radius 1 is 0.556 bits per heavy atom. The van der Waals surface area contributed by atoms with E-state index in [2.05, 4.69) is 99.2 Å². The maximum absolute atomic E-state index is 6.21. The predicted molar refractivity (Wildman–Crippen MR) is 155 cm³/mol. The summed E-state index contributed by atoms with van der Waals surface area (Å²) in [6.45, 7) is 0. The van der Waals surface area contributed by atoms with Crippen molar-refractivity contribution in [3.63, 3.8) is 0 Å². The van der Waals surface area contributed by atoms with Gasteiger partial charge in [-0.2, -0.15) is 0 Å². The monoisotopic (exact) mass is 497 g/mol. The highest BCUT2D eigenvalue weighted by Crippen LogP contribution is 2.42. The van der Waals surface area contributed by atoms with E-state index in [-0.39, 0.29) is 0 Å². The molecule has 3 aromatic heterocycles. The lowest BCUT2D eigenvalue weighted by atomic mass is 10.0. The molecule has 0 N–H and O–H groups in total. The fourth-order valence-corrected chi connectivity index (χ4v) is 5.93. The molecule has 7 aromatic rings. The van der Waals surface area contributed by atoms with Crippen molar-refractivity contribution in [1.29, 1.82) is 0 Å². The number of para-hydroxylation sites is 3. The molecule has 0 fully saturated rings. The summed E-state index contributed by atoms with van der Waals surface area (Å²) in [5, 5.41) is 3.92. The number of nitrogens with zero attached hydrogens (tertiary/aromatic N) is 3. The summed E-state index contributed by atoms with van der Waals surface area (Å²) >= 11 is 12.1. The lowest BCUT2D eigenvalue weighted by Gasteiger charge is -2.27. The van der Waals surface area contributed by atoms with Gasteiger partial charge in [0.1, 0.15) is 0 Å². The molecule has 0 saturated heterocycles. The zero-order valence-electron chi connectivity index (χ0n) is 19.1. The summed E-state index contributed by atoms with van der Waals surface area (Å²) in [6.07, 6.45) is 3.74. The Balaban J connectivity index is 1.72. The van der Waals surface area contributed by atoms with E-state index >= 15 is 0 Å². The first-order valence-electron chi connectivity index (χ1n) is 11.7. The van der Waals surface area contributed by atoms with E-state index in [1.807, 2.05) is 30.6 Å². The molecule has 0 amide bonds. The van der Waals surface area contributed by atoms with Crippen molar-refractivity contribution < 1.29 is 0 Å². The van der Waals surface area contributed by atoms with Crippen LogP contribution in [0.1, 0.15) is 0 Å². The first-order chi connectivity index (χ1) is 17.7. The molecule has 7 rings (SSSR count). The second-order valence-electron chi connectivity index (χ2n) is 8.77. The SMILES string of the molecule is S=c1c2ccccc2n2c3cccc(N(c4ccccc4)c4ccccc4)c3c(=S)c3cncc1c32. The highest BCUT2D eigenvalue weighted by Gasteiger charge is 2.20. The Morgan fingerprint density at radius 3 is 1.83 bits per heavy atom. The summed E-state index contributed by atoms with van der Waals surface area (Å²) in [5.41, 5.74) is 6.29. The third-order valence-corrected chi connectivity index (χ3v) is 7.64. The van der Waals surface area contributed by atoms with E-state index < -0.39 is 0 Å². The predicted octanol–water partition coefficient (Wildman–Crippen LogP) is 9.16. The summed E-state index contributed by atoms with van der Waals surface area (Å²) in [5.74, 6) is 0. The molecule has 0 aliphatic rings. The number of hydrogen-bond donors (Lipinski definition) is 0. The van der Waals surface area contributed by atoms with Crippen LogP contribution in [-0.2, 0) is 0 Å². The van der Waals surface area contributed by atoms with Crippen LogP contribution < -0.4 is 4.90 Å². The molecular weight excluding hydrogens is 478 g/mol. The van der Waals surface area contributed by atoms with E-state index in [1.165, 1.54) is 0 Å². The van der Waals surface area contributed by atoms with Gasteiger partial charge < -0.3 is 9.30 Å². The molecule has 5 heteroatoms. The van der Waals surface area contributed by atoms with E-state index in [1.54, 1.807) is 0 Å². The Bertz CT molecular complexity index is 1990. The molecule has 0 spiro atoms. The molecule has 0 radical (unpaired) electrons. The molecule has 170 valence electrons. The number of pyridine rings is 3. The van der Waals surface area contributed by atoms with Crippen molar-refractivity contribution in [2.24, 2.45) is 0 Å². The van der Waals surface area contributed by atoms with Gasteiger partial charge in [0.25, 0.3) is 0 Å². The number of fused-ring (bicyclic) bond motifs is 4. The van der Waals surface area contributed by atoms with Crippen LogP contribution in [0.2, 0.25) is 0 Å². The van der Waals surface area contributed by atoms with Gasteiger partial charge in [0.05, 0.1) is 31.3 Å². The Morgan fingerprint density at radius 2 is 1.14 bits per heavy atom. The third kappa shape index (κ3) is 3.00. The molecule has 0 bridgehead atoms. The van der Waals surface area contributed by atoms with E-state index in [9.17, 15) is 0 Å². The average Bonchev–Trinajstić information content (AvgIpc) is 2.94. The molecule has 4 aromatic carbocycles. The highest BCUT2D eigenvalue weighted by atomic mass is 32.1. The van der Waals surface area contributed by atoms with Crippen LogP contribution in [0.4, 0.5) is 17.1 Å². The summed E-state index contributed by atoms with van der Waals surface area (Å²) < 4.78 is 3.89. The first kappa shape index (κ1) is 21.1. The first-order valence-corrected chi connectivity index (χ1v) is 12.6. The largest absolute Gasteiger partial charge is 0.310 e. The fourth-order valence-electron chi connectivity index (χ4n) is 5.25. The molecule has 0 atom stereocenters. The number of benzene rings is 4. The van der Waals surface area contributed by atoms with Gasteiger partial charge in [-0.05, 0) is 42.5 Å². The van der Waals surface area contributed by atoms with Crippen molar-refractivity contribution in [1.82, 2.24) is 9.38 Å². The third-order valence-electron chi connectivity index (χ3n) is 6.78. The van der Waals surface area contributed by atoms with Crippen LogP contribution in [-0.4, -0.2) is 9.38 Å². The van der Waals surface area contributed by atoms with Gasteiger partial charge in [-0.25, -0.2) is 0 Å². The van der Waals surface area contributed by atoms with E-state index in [4.69, 9.17) is 24.4 Å². The number of rotatable bonds is 3.